The summed E-state index contributed by atoms with van der Waals surface area (Å²) in [5.74, 6) is 7.45. The van der Waals surface area contributed by atoms with Crippen molar-refractivity contribution in [2.45, 2.75) is 41.5 Å². The Balaban J connectivity index is 3.44. The van der Waals surface area contributed by atoms with Gasteiger partial charge in [-0.05, 0) is 0 Å². The molecule has 0 saturated heterocycles. The van der Waals surface area contributed by atoms with Gasteiger partial charge in [0.2, 0.25) is 0 Å². The molecule has 1 nitrogen and oxygen atoms in total. The maximum atomic E-state index is 9.65. The summed E-state index contributed by atoms with van der Waals surface area (Å²) in [7, 11) is 0. The molecule has 0 aromatic rings. The molecule has 1 atom stereocenters. The first-order chi connectivity index (χ1) is 4.98. The molecule has 0 saturated carbocycles. The van der Waals surface area contributed by atoms with Crippen LogP contribution in [-0.2, 0) is 0 Å². The first kappa shape index (κ1) is 11.8. The second-order valence-corrected chi connectivity index (χ2v) is 15.8. The summed E-state index contributed by atoms with van der Waals surface area (Å²) in [5, 5.41) is 9.65. The third-order valence-corrected chi connectivity index (χ3v) is 6.93. The van der Waals surface area contributed by atoms with E-state index in [1.807, 2.05) is 0 Å². The zero-order chi connectivity index (χ0) is 8.91. The van der Waals surface area contributed by atoms with Crippen LogP contribution in [0.15, 0.2) is 0 Å². The van der Waals surface area contributed by atoms with Crippen LogP contribution in [0.25, 0.3) is 0 Å². The Morgan fingerprint density at radius 3 is 2.18 bits per heavy atom. The third kappa shape index (κ3) is 6.00. The molecule has 68 valence electrons. The Morgan fingerprint density at radius 1 is 1.27 bits per heavy atom. The Labute approximate surface area is 77.5 Å². The summed E-state index contributed by atoms with van der Waals surface area (Å²) in [5.41, 5.74) is 0. The van der Waals surface area contributed by atoms with Crippen molar-refractivity contribution in [3.8, 4) is 0 Å². The molecule has 0 aromatic carbocycles. The monoisotopic (exact) mass is 240 g/mol. The van der Waals surface area contributed by atoms with Crippen LogP contribution in [-0.4, -0.2) is 29.2 Å². The SMILES string of the molecule is [CH3][Ge]([CH3])([CH3])[CH](O)CCCCCl. The van der Waals surface area contributed by atoms with Gasteiger partial charge < -0.3 is 0 Å². The summed E-state index contributed by atoms with van der Waals surface area (Å²) >= 11 is 3.77. The molecule has 0 spiro atoms. The molecule has 0 aromatic heterocycles. The number of unbranched alkanes of at least 4 members (excludes halogenated alkanes) is 1. The van der Waals surface area contributed by atoms with E-state index in [2.05, 4.69) is 17.3 Å². The van der Waals surface area contributed by atoms with E-state index in [0.29, 0.717) is 0 Å². The van der Waals surface area contributed by atoms with Gasteiger partial charge in [0.05, 0.1) is 0 Å². The van der Waals surface area contributed by atoms with E-state index in [4.69, 9.17) is 11.6 Å². The third-order valence-electron chi connectivity index (χ3n) is 1.86. The van der Waals surface area contributed by atoms with Crippen LogP contribution in [0.2, 0.25) is 17.3 Å². The number of aliphatic hydroxyl groups excluding tert-OH is 1. The zero-order valence-electron chi connectivity index (χ0n) is 7.73. The van der Waals surface area contributed by atoms with Crippen LogP contribution in [0.1, 0.15) is 19.3 Å². The number of hydrogen-bond acceptors (Lipinski definition) is 1. The van der Waals surface area contributed by atoms with Crippen molar-refractivity contribution in [3.63, 3.8) is 0 Å². The van der Waals surface area contributed by atoms with Gasteiger partial charge in [-0.25, -0.2) is 0 Å². The van der Waals surface area contributed by atoms with Gasteiger partial charge >= 0.3 is 77.3 Å². The fraction of sp³-hybridized carbons (Fsp3) is 1.00. The van der Waals surface area contributed by atoms with Crippen molar-refractivity contribution in [2.75, 3.05) is 5.88 Å². The number of rotatable bonds is 5. The first-order valence-corrected chi connectivity index (χ1v) is 12.3. The van der Waals surface area contributed by atoms with Crippen molar-refractivity contribution in [2.24, 2.45) is 0 Å². The van der Waals surface area contributed by atoms with Crippen LogP contribution in [0.4, 0.5) is 0 Å². The van der Waals surface area contributed by atoms with Crippen LogP contribution in [0, 0.1) is 0 Å². The molecule has 0 amide bonds. The predicted molar refractivity (Wildman–Crippen MR) is 53.9 cm³/mol. The summed E-state index contributed by atoms with van der Waals surface area (Å²) in [4.78, 5) is -0.00165. The molecule has 3 heteroatoms. The molecule has 0 fully saturated rings. The molecule has 0 aliphatic heterocycles. The second-order valence-electron chi connectivity index (χ2n) is 4.07. The Bertz CT molecular complexity index is 101. The van der Waals surface area contributed by atoms with Crippen molar-refractivity contribution >= 4 is 24.9 Å². The van der Waals surface area contributed by atoms with Gasteiger partial charge in [-0.1, -0.05) is 0 Å². The Kier molecular flexibility index (Phi) is 5.83. The van der Waals surface area contributed by atoms with Gasteiger partial charge in [0.1, 0.15) is 0 Å². The van der Waals surface area contributed by atoms with E-state index in [9.17, 15) is 5.11 Å². The van der Waals surface area contributed by atoms with Crippen LogP contribution in [0.5, 0.6) is 0 Å². The molecule has 0 bridgehead atoms. The summed E-state index contributed by atoms with van der Waals surface area (Å²) in [6.07, 6.45) is 3.07. The summed E-state index contributed by atoms with van der Waals surface area (Å²) in [6, 6.07) is 0. The molecule has 0 aliphatic rings. The fourth-order valence-corrected chi connectivity index (χ4v) is 3.30. The number of hydrogen-bond donors (Lipinski definition) is 1. The van der Waals surface area contributed by atoms with Crippen LogP contribution in [0.3, 0.4) is 0 Å². The van der Waals surface area contributed by atoms with Gasteiger partial charge in [-0.2, -0.15) is 0 Å². The van der Waals surface area contributed by atoms with Gasteiger partial charge in [-0.15, -0.1) is 0 Å². The fourth-order valence-electron chi connectivity index (χ4n) is 0.865. The number of halogens is 1. The van der Waals surface area contributed by atoms with Crippen LogP contribution < -0.4 is 0 Å². The van der Waals surface area contributed by atoms with Gasteiger partial charge in [0.25, 0.3) is 0 Å². The van der Waals surface area contributed by atoms with E-state index >= 15 is 0 Å². The van der Waals surface area contributed by atoms with E-state index in [1.54, 1.807) is 0 Å². The van der Waals surface area contributed by atoms with E-state index < -0.39 is 13.3 Å². The van der Waals surface area contributed by atoms with Gasteiger partial charge in [0.15, 0.2) is 0 Å². The van der Waals surface area contributed by atoms with Crippen molar-refractivity contribution in [1.82, 2.24) is 0 Å². The molecule has 0 aliphatic carbocycles. The quantitative estimate of drug-likeness (QED) is 0.444. The zero-order valence-corrected chi connectivity index (χ0v) is 10.6. The molecular formula is C8H19ClGeO. The standard InChI is InChI=1S/C8H19ClGeO/c1-10(2,3)8(11)6-4-5-7-9/h8,11H,4-7H2,1-3H3. The van der Waals surface area contributed by atoms with Crippen molar-refractivity contribution in [1.29, 1.82) is 0 Å². The first-order valence-electron chi connectivity index (χ1n) is 4.22. The summed E-state index contributed by atoms with van der Waals surface area (Å²) < 4.78 is 0. The normalized spacial score (nSPS) is 15.0. The molecule has 0 rings (SSSR count). The predicted octanol–water partition coefficient (Wildman–Crippen LogP) is 2.63. The second kappa shape index (κ2) is 5.44. The maximum absolute atomic E-state index is 9.65. The van der Waals surface area contributed by atoms with E-state index in [-0.39, 0.29) is 4.94 Å². The van der Waals surface area contributed by atoms with Crippen LogP contribution >= 0.6 is 11.6 Å². The minimum atomic E-state index is -1.76. The van der Waals surface area contributed by atoms with E-state index in [0.717, 1.165) is 25.1 Å². The Morgan fingerprint density at radius 2 is 1.82 bits per heavy atom. The van der Waals surface area contributed by atoms with Gasteiger partial charge in [0, 0.05) is 0 Å². The molecule has 1 N–H and O–H groups in total. The number of alkyl halides is 1. The number of aliphatic hydroxyl groups is 1. The average molecular weight is 239 g/mol. The van der Waals surface area contributed by atoms with Crippen molar-refractivity contribution < 1.29 is 5.11 Å². The molecule has 1 unspecified atom stereocenters. The minimum absolute atomic E-state index is 0.00165. The van der Waals surface area contributed by atoms with E-state index in [1.165, 1.54) is 0 Å². The summed E-state index contributed by atoms with van der Waals surface area (Å²) in [6.45, 7) is 0. The Hall–Kier alpha value is 0.793. The molecule has 11 heavy (non-hydrogen) atoms. The molecule has 0 heterocycles. The van der Waals surface area contributed by atoms with Crippen molar-refractivity contribution in [3.05, 3.63) is 0 Å². The topological polar surface area (TPSA) is 20.2 Å². The average Bonchev–Trinajstić information content (AvgIpc) is 1.86. The molecular weight excluding hydrogens is 220 g/mol. The van der Waals surface area contributed by atoms with Gasteiger partial charge in [-0.3, -0.25) is 0 Å². The molecule has 0 radical (unpaired) electrons.